The number of benzene rings is 1. The van der Waals surface area contributed by atoms with Crippen LogP contribution in [-0.4, -0.2) is 22.6 Å². The van der Waals surface area contributed by atoms with Crippen LogP contribution in [0.3, 0.4) is 0 Å². The van der Waals surface area contributed by atoms with E-state index in [2.05, 4.69) is 17.2 Å². The number of carboxylic acids is 1. The molecule has 2 aromatic rings. The average molecular weight is 274 g/mol. The van der Waals surface area contributed by atoms with Gasteiger partial charge in [-0.3, -0.25) is 4.79 Å². The molecule has 0 amide bonds. The molecule has 1 heterocycles. The van der Waals surface area contributed by atoms with Gasteiger partial charge in [-0.05, 0) is 18.6 Å². The lowest BCUT2D eigenvalue weighted by atomic mass is 10.1. The third-order valence-electron chi connectivity index (χ3n) is 3.23. The number of aromatic amines is 1. The summed E-state index contributed by atoms with van der Waals surface area (Å²) in [7, 11) is 0. The van der Waals surface area contributed by atoms with E-state index < -0.39 is 11.4 Å². The maximum atomic E-state index is 12.2. The second-order valence-corrected chi connectivity index (χ2v) is 4.70. The zero-order chi connectivity index (χ0) is 14.5. The van der Waals surface area contributed by atoms with Crippen LogP contribution in [0.2, 0.25) is 0 Å². The minimum atomic E-state index is -1.21. The Labute approximate surface area is 116 Å². The molecule has 0 aliphatic carbocycles. The summed E-state index contributed by atoms with van der Waals surface area (Å²) >= 11 is 0. The second kappa shape index (κ2) is 6.23. The zero-order valence-electron chi connectivity index (χ0n) is 11.4. The standard InChI is InChI=1S/C15H18N2O3/c1-2-3-4-8-16-11-6-5-7-12-13(11)14(18)10(9-17-12)15(19)20/h5-7,9,16H,2-4,8H2,1H3,(H,17,18)(H,19,20). The van der Waals surface area contributed by atoms with E-state index in [1.165, 1.54) is 6.20 Å². The molecule has 0 saturated carbocycles. The largest absolute Gasteiger partial charge is 0.477 e. The van der Waals surface area contributed by atoms with Gasteiger partial charge < -0.3 is 15.4 Å². The molecule has 5 heteroatoms. The number of aromatic nitrogens is 1. The maximum Gasteiger partial charge on any atom is 0.341 e. The highest BCUT2D eigenvalue weighted by Gasteiger charge is 2.13. The van der Waals surface area contributed by atoms with Gasteiger partial charge in [-0.15, -0.1) is 0 Å². The summed E-state index contributed by atoms with van der Waals surface area (Å²) in [5, 5.41) is 12.6. The molecule has 20 heavy (non-hydrogen) atoms. The molecular weight excluding hydrogens is 256 g/mol. The summed E-state index contributed by atoms with van der Waals surface area (Å²) in [5.41, 5.74) is 0.633. The monoisotopic (exact) mass is 274 g/mol. The van der Waals surface area contributed by atoms with E-state index in [-0.39, 0.29) is 5.56 Å². The van der Waals surface area contributed by atoms with Crippen molar-refractivity contribution >= 4 is 22.6 Å². The Balaban J connectivity index is 2.41. The number of unbranched alkanes of at least 4 members (excludes halogenated alkanes) is 2. The van der Waals surface area contributed by atoms with E-state index in [0.29, 0.717) is 16.6 Å². The molecule has 0 aliphatic heterocycles. The summed E-state index contributed by atoms with van der Waals surface area (Å²) in [5.74, 6) is -1.21. The SMILES string of the molecule is CCCCCNc1cccc2[nH]cc(C(=O)O)c(=O)c12. The lowest BCUT2D eigenvalue weighted by Gasteiger charge is -2.09. The lowest BCUT2D eigenvalue weighted by molar-refractivity contribution is 0.0695. The number of nitrogens with one attached hydrogen (secondary N) is 2. The summed E-state index contributed by atoms with van der Waals surface area (Å²) in [6, 6.07) is 5.40. The predicted octanol–water partition coefficient (Wildman–Crippen LogP) is 2.83. The normalized spacial score (nSPS) is 10.7. The smallest absolute Gasteiger partial charge is 0.341 e. The molecule has 0 saturated heterocycles. The lowest BCUT2D eigenvalue weighted by Crippen LogP contribution is -2.17. The summed E-state index contributed by atoms with van der Waals surface area (Å²) < 4.78 is 0. The molecule has 106 valence electrons. The van der Waals surface area contributed by atoms with Gasteiger partial charge in [0.1, 0.15) is 5.56 Å². The van der Waals surface area contributed by atoms with Crippen LogP contribution in [-0.2, 0) is 0 Å². The Bertz CT molecular complexity index is 676. The van der Waals surface area contributed by atoms with E-state index in [4.69, 9.17) is 5.11 Å². The van der Waals surface area contributed by atoms with Crippen molar-refractivity contribution in [1.29, 1.82) is 0 Å². The van der Waals surface area contributed by atoms with E-state index in [0.717, 1.165) is 25.8 Å². The van der Waals surface area contributed by atoms with Gasteiger partial charge in [0.2, 0.25) is 5.43 Å². The molecule has 5 nitrogen and oxygen atoms in total. The minimum Gasteiger partial charge on any atom is -0.477 e. The Kier molecular flexibility index (Phi) is 4.40. The molecule has 1 aromatic carbocycles. The molecular formula is C15H18N2O3. The number of hydrogen-bond acceptors (Lipinski definition) is 3. The minimum absolute atomic E-state index is 0.236. The van der Waals surface area contributed by atoms with Gasteiger partial charge in [0.05, 0.1) is 10.9 Å². The summed E-state index contributed by atoms with van der Waals surface area (Å²) in [6.07, 6.45) is 4.51. The summed E-state index contributed by atoms with van der Waals surface area (Å²) in [6.45, 7) is 2.89. The first-order chi connectivity index (χ1) is 9.65. The number of aromatic carboxylic acids is 1. The number of carbonyl (C=O) groups is 1. The fourth-order valence-electron chi connectivity index (χ4n) is 2.17. The number of fused-ring (bicyclic) bond motifs is 1. The second-order valence-electron chi connectivity index (χ2n) is 4.70. The van der Waals surface area contributed by atoms with E-state index in [9.17, 15) is 9.59 Å². The Morgan fingerprint density at radius 3 is 2.85 bits per heavy atom. The third kappa shape index (κ3) is 2.82. The van der Waals surface area contributed by atoms with Crippen LogP contribution < -0.4 is 10.7 Å². The van der Waals surface area contributed by atoms with Crippen molar-refractivity contribution in [2.45, 2.75) is 26.2 Å². The molecule has 0 fully saturated rings. The fraction of sp³-hybridized carbons (Fsp3) is 0.333. The Morgan fingerprint density at radius 1 is 1.35 bits per heavy atom. The van der Waals surface area contributed by atoms with Crippen LogP contribution in [0.4, 0.5) is 5.69 Å². The van der Waals surface area contributed by atoms with Crippen molar-refractivity contribution in [3.05, 3.63) is 40.2 Å². The molecule has 0 atom stereocenters. The molecule has 1 aromatic heterocycles. The van der Waals surface area contributed by atoms with Gasteiger partial charge in [-0.1, -0.05) is 25.8 Å². The summed E-state index contributed by atoms with van der Waals surface area (Å²) in [4.78, 5) is 26.1. The number of carboxylic acid groups (broad SMARTS) is 1. The highest BCUT2D eigenvalue weighted by atomic mass is 16.4. The van der Waals surface area contributed by atoms with Crippen molar-refractivity contribution in [2.24, 2.45) is 0 Å². The van der Waals surface area contributed by atoms with Crippen LogP contribution in [0, 0.1) is 0 Å². The highest BCUT2D eigenvalue weighted by molar-refractivity contribution is 5.97. The van der Waals surface area contributed by atoms with Gasteiger partial charge in [0.25, 0.3) is 0 Å². The first-order valence-electron chi connectivity index (χ1n) is 6.76. The van der Waals surface area contributed by atoms with Crippen molar-refractivity contribution in [1.82, 2.24) is 4.98 Å². The molecule has 3 N–H and O–H groups in total. The van der Waals surface area contributed by atoms with E-state index in [1.54, 1.807) is 12.1 Å². The van der Waals surface area contributed by atoms with Crippen molar-refractivity contribution in [3.63, 3.8) is 0 Å². The van der Waals surface area contributed by atoms with E-state index >= 15 is 0 Å². The molecule has 0 bridgehead atoms. The number of hydrogen-bond donors (Lipinski definition) is 3. The Morgan fingerprint density at radius 2 is 2.15 bits per heavy atom. The molecule has 0 aliphatic rings. The topological polar surface area (TPSA) is 82.2 Å². The molecule has 0 spiro atoms. The number of pyridine rings is 1. The molecule has 0 radical (unpaired) electrons. The van der Waals surface area contributed by atoms with Crippen LogP contribution in [0.1, 0.15) is 36.5 Å². The van der Waals surface area contributed by atoms with Crippen LogP contribution >= 0.6 is 0 Å². The Hall–Kier alpha value is -2.30. The van der Waals surface area contributed by atoms with Crippen molar-refractivity contribution in [3.8, 4) is 0 Å². The van der Waals surface area contributed by atoms with Crippen molar-refractivity contribution < 1.29 is 9.90 Å². The molecule has 0 unspecified atom stereocenters. The number of rotatable bonds is 6. The van der Waals surface area contributed by atoms with Gasteiger partial charge >= 0.3 is 5.97 Å². The maximum absolute atomic E-state index is 12.2. The first kappa shape index (κ1) is 14.1. The number of anilines is 1. The fourth-order valence-corrected chi connectivity index (χ4v) is 2.17. The van der Waals surface area contributed by atoms with Gasteiger partial charge in [-0.25, -0.2) is 4.79 Å². The zero-order valence-corrected chi connectivity index (χ0v) is 11.4. The van der Waals surface area contributed by atoms with Gasteiger partial charge in [0.15, 0.2) is 0 Å². The highest BCUT2D eigenvalue weighted by Crippen LogP contribution is 2.19. The van der Waals surface area contributed by atoms with Crippen LogP contribution in [0.15, 0.2) is 29.2 Å². The first-order valence-corrected chi connectivity index (χ1v) is 6.76. The predicted molar refractivity (Wildman–Crippen MR) is 79.5 cm³/mol. The number of H-pyrrole nitrogens is 1. The third-order valence-corrected chi connectivity index (χ3v) is 3.23. The molecule has 2 rings (SSSR count). The van der Waals surface area contributed by atoms with Gasteiger partial charge in [0, 0.05) is 18.4 Å². The average Bonchev–Trinajstić information content (AvgIpc) is 2.43. The van der Waals surface area contributed by atoms with Crippen LogP contribution in [0.25, 0.3) is 10.9 Å². The van der Waals surface area contributed by atoms with Crippen molar-refractivity contribution in [2.75, 3.05) is 11.9 Å². The quantitative estimate of drug-likeness (QED) is 0.707. The van der Waals surface area contributed by atoms with Crippen LogP contribution in [0.5, 0.6) is 0 Å². The van der Waals surface area contributed by atoms with E-state index in [1.807, 2.05) is 6.07 Å². The van der Waals surface area contributed by atoms with Gasteiger partial charge in [-0.2, -0.15) is 0 Å².